The van der Waals surface area contributed by atoms with Crippen LogP contribution in [0.15, 0.2) is 23.3 Å². The van der Waals surface area contributed by atoms with Gasteiger partial charge in [0.2, 0.25) is 0 Å². The Balaban J connectivity index is 3.61. The predicted octanol–water partition coefficient (Wildman–Crippen LogP) is 2.81. The topological polar surface area (TPSA) is 74.6 Å². The SMILES string of the molecule is CC(=C[CH]CCCCC=C(C)C(=O)O)C(=O)O. The van der Waals surface area contributed by atoms with Gasteiger partial charge in [0.25, 0.3) is 0 Å². The van der Waals surface area contributed by atoms with Gasteiger partial charge in [-0.25, -0.2) is 9.59 Å². The third-order valence-electron chi connectivity index (χ3n) is 2.32. The molecule has 0 unspecified atom stereocenters. The Labute approximate surface area is 102 Å². The summed E-state index contributed by atoms with van der Waals surface area (Å²) < 4.78 is 0. The molecular formula is C13H19O4. The molecule has 0 aliphatic heterocycles. The third kappa shape index (κ3) is 8.25. The molecule has 4 heteroatoms. The predicted molar refractivity (Wildman–Crippen MR) is 65.6 cm³/mol. The number of hydrogen-bond acceptors (Lipinski definition) is 2. The first-order valence-corrected chi connectivity index (χ1v) is 5.58. The summed E-state index contributed by atoms with van der Waals surface area (Å²) in [7, 11) is 0. The highest BCUT2D eigenvalue weighted by atomic mass is 16.4. The lowest BCUT2D eigenvalue weighted by atomic mass is 10.1. The van der Waals surface area contributed by atoms with Crippen LogP contribution in [0.2, 0.25) is 0 Å². The molecule has 0 aliphatic rings. The Bertz CT molecular complexity index is 294. The summed E-state index contributed by atoms with van der Waals surface area (Å²) in [4.78, 5) is 20.9. The van der Waals surface area contributed by atoms with Crippen molar-refractivity contribution in [1.29, 1.82) is 0 Å². The molecule has 2 N–H and O–H groups in total. The van der Waals surface area contributed by atoms with E-state index in [-0.39, 0.29) is 0 Å². The molecular weight excluding hydrogens is 220 g/mol. The van der Waals surface area contributed by atoms with E-state index in [2.05, 4.69) is 0 Å². The highest BCUT2D eigenvalue weighted by molar-refractivity contribution is 5.86. The second-order valence-corrected chi connectivity index (χ2v) is 3.87. The molecule has 17 heavy (non-hydrogen) atoms. The van der Waals surface area contributed by atoms with Crippen LogP contribution >= 0.6 is 0 Å². The zero-order valence-corrected chi connectivity index (χ0v) is 10.3. The summed E-state index contributed by atoms with van der Waals surface area (Å²) in [5.74, 6) is -1.78. The van der Waals surface area contributed by atoms with Gasteiger partial charge >= 0.3 is 11.9 Å². The maximum Gasteiger partial charge on any atom is 0.330 e. The van der Waals surface area contributed by atoms with Crippen LogP contribution in [0, 0.1) is 6.42 Å². The minimum Gasteiger partial charge on any atom is -0.478 e. The minimum atomic E-state index is -0.902. The molecule has 0 aromatic rings. The highest BCUT2D eigenvalue weighted by Gasteiger charge is 1.99. The number of carbonyl (C=O) groups is 2. The fraction of sp³-hybridized carbons (Fsp3) is 0.462. The molecule has 95 valence electrons. The van der Waals surface area contributed by atoms with Crippen LogP contribution in [0.5, 0.6) is 0 Å². The lowest BCUT2D eigenvalue weighted by Gasteiger charge is -1.97. The molecule has 0 amide bonds. The van der Waals surface area contributed by atoms with Crippen molar-refractivity contribution in [3.63, 3.8) is 0 Å². The molecule has 0 atom stereocenters. The van der Waals surface area contributed by atoms with Gasteiger partial charge in [-0.1, -0.05) is 18.6 Å². The van der Waals surface area contributed by atoms with E-state index in [9.17, 15) is 9.59 Å². The van der Waals surface area contributed by atoms with Gasteiger partial charge in [-0.3, -0.25) is 0 Å². The first kappa shape index (κ1) is 15.4. The quantitative estimate of drug-likeness (QED) is 0.504. The number of carboxylic acids is 2. The molecule has 0 bridgehead atoms. The van der Waals surface area contributed by atoms with Gasteiger partial charge in [0.05, 0.1) is 0 Å². The number of rotatable bonds is 8. The normalized spacial score (nSPS) is 12.6. The van der Waals surface area contributed by atoms with E-state index in [0.29, 0.717) is 11.1 Å². The molecule has 0 rings (SSSR count). The van der Waals surface area contributed by atoms with Gasteiger partial charge in [-0.15, -0.1) is 0 Å². The fourth-order valence-corrected chi connectivity index (χ4v) is 1.14. The molecule has 0 saturated heterocycles. The Kier molecular flexibility index (Phi) is 7.76. The van der Waals surface area contributed by atoms with E-state index in [4.69, 9.17) is 10.2 Å². The molecule has 0 aromatic carbocycles. The Hall–Kier alpha value is -1.58. The highest BCUT2D eigenvalue weighted by Crippen LogP contribution is 2.07. The van der Waals surface area contributed by atoms with Crippen molar-refractivity contribution >= 4 is 11.9 Å². The van der Waals surface area contributed by atoms with Crippen molar-refractivity contribution in [2.24, 2.45) is 0 Å². The average Bonchev–Trinajstić information content (AvgIpc) is 2.26. The molecule has 0 heterocycles. The summed E-state index contributed by atoms with van der Waals surface area (Å²) >= 11 is 0. The van der Waals surface area contributed by atoms with Gasteiger partial charge in [0, 0.05) is 11.1 Å². The first-order valence-electron chi connectivity index (χ1n) is 5.58. The standard InChI is InChI=1S/C13H19O4/c1-10(12(14)15)8-6-4-3-5-7-9-11(2)13(16)17/h6,8-9H,3-5,7H2,1-2H3,(H,14,15)(H,16,17). The number of carboxylic acid groups (broad SMARTS) is 2. The van der Waals surface area contributed by atoms with Crippen LogP contribution in [0.3, 0.4) is 0 Å². The lowest BCUT2D eigenvalue weighted by Crippen LogP contribution is -1.96. The average molecular weight is 239 g/mol. The van der Waals surface area contributed by atoms with Gasteiger partial charge in [0.15, 0.2) is 0 Å². The second-order valence-electron chi connectivity index (χ2n) is 3.87. The van der Waals surface area contributed by atoms with Gasteiger partial charge < -0.3 is 10.2 Å². The Morgan fingerprint density at radius 1 is 0.941 bits per heavy atom. The number of unbranched alkanes of at least 4 members (excludes halogenated alkanes) is 4. The van der Waals surface area contributed by atoms with E-state index in [1.54, 1.807) is 26.0 Å². The lowest BCUT2D eigenvalue weighted by molar-refractivity contribution is -0.133. The van der Waals surface area contributed by atoms with Crippen LogP contribution in [0.25, 0.3) is 0 Å². The van der Waals surface area contributed by atoms with Crippen molar-refractivity contribution in [1.82, 2.24) is 0 Å². The number of aliphatic carboxylic acids is 2. The second kappa shape index (κ2) is 8.56. The maximum absolute atomic E-state index is 10.5. The van der Waals surface area contributed by atoms with E-state index < -0.39 is 11.9 Å². The molecule has 0 saturated carbocycles. The van der Waals surface area contributed by atoms with E-state index in [1.165, 1.54) is 0 Å². The molecule has 0 spiro atoms. The van der Waals surface area contributed by atoms with Crippen molar-refractivity contribution in [2.75, 3.05) is 0 Å². The van der Waals surface area contributed by atoms with Crippen molar-refractivity contribution < 1.29 is 19.8 Å². The smallest absolute Gasteiger partial charge is 0.330 e. The molecule has 4 nitrogen and oxygen atoms in total. The van der Waals surface area contributed by atoms with Gasteiger partial charge in [-0.05, 0) is 39.5 Å². The number of hydrogen-bond donors (Lipinski definition) is 2. The zero-order chi connectivity index (χ0) is 13.3. The van der Waals surface area contributed by atoms with Gasteiger partial charge in [0.1, 0.15) is 0 Å². The summed E-state index contributed by atoms with van der Waals surface area (Å²) in [6.07, 6.45) is 8.52. The maximum atomic E-state index is 10.5. The van der Waals surface area contributed by atoms with Crippen LogP contribution < -0.4 is 0 Å². The molecule has 0 aliphatic carbocycles. The minimum absolute atomic E-state index is 0.326. The largest absolute Gasteiger partial charge is 0.478 e. The molecule has 0 aromatic heterocycles. The monoisotopic (exact) mass is 239 g/mol. The van der Waals surface area contributed by atoms with E-state index in [0.717, 1.165) is 25.7 Å². The van der Waals surface area contributed by atoms with Crippen molar-refractivity contribution in [3.05, 3.63) is 29.7 Å². The zero-order valence-electron chi connectivity index (χ0n) is 10.3. The van der Waals surface area contributed by atoms with Crippen molar-refractivity contribution in [2.45, 2.75) is 39.5 Å². The van der Waals surface area contributed by atoms with E-state index in [1.807, 2.05) is 6.42 Å². The van der Waals surface area contributed by atoms with Crippen molar-refractivity contribution in [3.8, 4) is 0 Å². The number of allylic oxidation sites excluding steroid dienone is 2. The van der Waals surface area contributed by atoms with Crippen LogP contribution in [-0.2, 0) is 9.59 Å². The van der Waals surface area contributed by atoms with E-state index >= 15 is 0 Å². The summed E-state index contributed by atoms with van der Waals surface area (Å²) in [5, 5.41) is 17.2. The molecule has 1 radical (unpaired) electrons. The summed E-state index contributed by atoms with van der Waals surface area (Å²) in [6, 6.07) is 0. The van der Waals surface area contributed by atoms with Crippen LogP contribution in [-0.4, -0.2) is 22.2 Å². The third-order valence-corrected chi connectivity index (χ3v) is 2.32. The Morgan fingerprint density at radius 3 is 2.00 bits per heavy atom. The summed E-state index contributed by atoms with van der Waals surface area (Å²) in [6.45, 7) is 3.13. The first-order chi connectivity index (χ1) is 7.95. The Morgan fingerprint density at radius 2 is 1.47 bits per heavy atom. The summed E-state index contributed by atoms with van der Waals surface area (Å²) in [5.41, 5.74) is 0.696. The fourth-order valence-electron chi connectivity index (χ4n) is 1.14. The van der Waals surface area contributed by atoms with Gasteiger partial charge in [-0.2, -0.15) is 0 Å². The molecule has 0 fully saturated rings. The van der Waals surface area contributed by atoms with Crippen LogP contribution in [0.1, 0.15) is 39.5 Å². The van der Waals surface area contributed by atoms with Crippen LogP contribution in [0.4, 0.5) is 0 Å².